The number of aliphatic hydroxyl groups excluding tert-OH is 1. The molecule has 0 saturated carbocycles. The van der Waals surface area contributed by atoms with Crippen LogP contribution in [0.15, 0.2) is 12.7 Å². The number of amides is 2. The number of likely N-dealkylation sites (tertiary alicyclic amines) is 1. The van der Waals surface area contributed by atoms with Gasteiger partial charge in [-0.15, -0.1) is 18.3 Å². The largest absolute Gasteiger partial charge is 0.466 e. The van der Waals surface area contributed by atoms with E-state index in [0.29, 0.717) is 13.0 Å². The fourth-order valence-corrected chi connectivity index (χ4v) is 8.89. The molecule has 34 heavy (non-hydrogen) atoms. The monoisotopic (exact) mass is 494 g/mol. The van der Waals surface area contributed by atoms with E-state index < -0.39 is 33.4 Å². The summed E-state index contributed by atoms with van der Waals surface area (Å²) < 4.78 is 4.29. The molecule has 0 aliphatic carbocycles. The topological polar surface area (TPSA) is 87.2 Å². The van der Waals surface area contributed by atoms with Crippen LogP contribution in [-0.4, -0.2) is 80.1 Å². The Hall–Kier alpha value is -1.54. The average Bonchev–Trinajstić information content (AvgIpc) is 3.33. The zero-order valence-corrected chi connectivity index (χ0v) is 22.4. The van der Waals surface area contributed by atoms with Crippen LogP contribution < -0.4 is 0 Å². The van der Waals surface area contributed by atoms with Crippen LogP contribution in [-0.2, 0) is 19.1 Å². The standard InChI is InChI=1S/C26H42N2O5S/c1-8-11-17(6)27(14-9-2)23(31)21-26-13-12-25(7,34-26)20(24(32)33-10-3)19(26)22(30)28(21)18(15-29)16(4)5/h9,16-21,29H,2,8,10-15H2,1,3-7H3/t17?,18-,19-,20+,21?,25-,26?/m0/s1. The Bertz CT molecular complexity index is 819. The predicted octanol–water partition coefficient (Wildman–Crippen LogP) is 3.25. The summed E-state index contributed by atoms with van der Waals surface area (Å²) >= 11 is 1.64. The van der Waals surface area contributed by atoms with Crippen LogP contribution in [0.5, 0.6) is 0 Å². The molecule has 3 unspecified atom stereocenters. The van der Waals surface area contributed by atoms with Gasteiger partial charge in [0.2, 0.25) is 11.8 Å². The highest BCUT2D eigenvalue weighted by Crippen LogP contribution is 2.72. The third-order valence-corrected chi connectivity index (χ3v) is 10.1. The zero-order valence-electron chi connectivity index (χ0n) is 21.6. The summed E-state index contributed by atoms with van der Waals surface area (Å²) in [5, 5.41) is 10.3. The van der Waals surface area contributed by atoms with Gasteiger partial charge in [0.1, 0.15) is 6.04 Å². The first-order chi connectivity index (χ1) is 16.0. The molecule has 0 radical (unpaired) electrons. The maximum absolute atomic E-state index is 14.4. The van der Waals surface area contributed by atoms with Crippen LogP contribution in [0.25, 0.3) is 0 Å². The number of carbonyl (C=O) groups excluding carboxylic acids is 3. The minimum absolute atomic E-state index is 0.00503. The van der Waals surface area contributed by atoms with E-state index in [1.54, 1.807) is 29.7 Å². The van der Waals surface area contributed by atoms with Gasteiger partial charge in [0.25, 0.3) is 0 Å². The first kappa shape index (κ1) is 27.1. The molecule has 3 rings (SSSR count). The number of hydrogen-bond acceptors (Lipinski definition) is 6. The number of aliphatic hydroxyl groups is 1. The Morgan fingerprint density at radius 3 is 2.53 bits per heavy atom. The van der Waals surface area contributed by atoms with Gasteiger partial charge in [-0.3, -0.25) is 14.4 Å². The van der Waals surface area contributed by atoms with Crippen molar-refractivity contribution in [1.82, 2.24) is 9.80 Å². The van der Waals surface area contributed by atoms with E-state index >= 15 is 0 Å². The molecule has 2 amide bonds. The number of rotatable bonds is 11. The second-order valence-electron chi connectivity index (χ2n) is 10.6. The summed E-state index contributed by atoms with van der Waals surface area (Å²) in [5.74, 6) is -1.90. The van der Waals surface area contributed by atoms with E-state index in [4.69, 9.17) is 4.74 Å². The molecule has 8 heteroatoms. The van der Waals surface area contributed by atoms with Crippen LogP contribution in [0, 0.1) is 17.8 Å². The highest BCUT2D eigenvalue weighted by molar-refractivity contribution is 8.02. The van der Waals surface area contributed by atoms with Crippen molar-refractivity contribution in [3.8, 4) is 0 Å². The van der Waals surface area contributed by atoms with Gasteiger partial charge in [0.15, 0.2) is 0 Å². The molecule has 0 aromatic rings. The lowest BCUT2D eigenvalue weighted by Gasteiger charge is -2.42. The summed E-state index contributed by atoms with van der Waals surface area (Å²) in [7, 11) is 0. The molecule has 0 aromatic heterocycles. The molecule has 1 spiro atoms. The Balaban J connectivity index is 2.15. The van der Waals surface area contributed by atoms with Crippen LogP contribution in [0.2, 0.25) is 0 Å². The van der Waals surface area contributed by atoms with E-state index in [2.05, 4.69) is 13.5 Å². The number of carbonyl (C=O) groups is 3. The predicted molar refractivity (Wildman–Crippen MR) is 134 cm³/mol. The van der Waals surface area contributed by atoms with Crippen molar-refractivity contribution in [3.05, 3.63) is 12.7 Å². The third kappa shape index (κ3) is 4.08. The van der Waals surface area contributed by atoms with Gasteiger partial charge in [0.05, 0.1) is 35.8 Å². The molecule has 3 heterocycles. The second kappa shape index (κ2) is 10.2. The first-order valence-corrected chi connectivity index (χ1v) is 13.6. The normalized spacial score (nSPS) is 33.7. The maximum Gasteiger partial charge on any atom is 0.311 e. The molecule has 7 atom stereocenters. The second-order valence-corrected chi connectivity index (χ2v) is 12.5. The molecular formula is C26H42N2O5S. The smallest absolute Gasteiger partial charge is 0.311 e. The van der Waals surface area contributed by atoms with E-state index in [9.17, 15) is 19.5 Å². The molecule has 2 bridgehead atoms. The van der Waals surface area contributed by atoms with Crippen molar-refractivity contribution in [3.63, 3.8) is 0 Å². The number of ether oxygens (including phenoxy) is 1. The molecular weight excluding hydrogens is 452 g/mol. The maximum atomic E-state index is 14.4. The van der Waals surface area contributed by atoms with Crippen LogP contribution >= 0.6 is 11.8 Å². The summed E-state index contributed by atoms with van der Waals surface area (Å²) in [6.45, 7) is 16.1. The van der Waals surface area contributed by atoms with E-state index in [-0.39, 0.29) is 43.0 Å². The number of esters is 1. The summed E-state index contributed by atoms with van der Waals surface area (Å²) in [6.07, 6.45) is 4.95. The minimum atomic E-state index is -0.727. The minimum Gasteiger partial charge on any atom is -0.466 e. The van der Waals surface area contributed by atoms with Gasteiger partial charge in [-0.1, -0.05) is 33.3 Å². The fraction of sp³-hybridized carbons (Fsp3) is 0.808. The van der Waals surface area contributed by atoms with Crippen molar-refractivity contribution < 1.29 is 24.2 Å². The van der Waals surface area contributed by atoms with E-state index in [1.807, 2.05) is 32.6 Å². The van der Waals surface area contributed by atoms with E-state index in [0.717, 1.165) is 19.3 Å². The molecule has 0 aromatic carbocycles. The molecule has 7 nitrogen and oxygen atoms in total. The Morgan fingerprint density at radius 1 is 1.32 bits per heavy atom. The lowest BCUT2D eigenvalue weighted by atomic mass is 9.66. The first-order valence-electron chi connectivity index (χ1n) is 12.8. The van der Waals surface area contributed by atoms with Gasteiger partial charge in [0, 0.05) is 17.3 Å². The molecule has 3 saturated heterocycles. The van der Waals surface area contributed by atoms with Gasteiger partial charge in [-0.2, -0.15) is 0 Å². The highest BCUT2D eigenvalue weighted by atomic mass is 32.2. The van der Waals surface area contributed by atoms with Gasteiger partial charge >= 0.3 is 5.97 Å². The quantitative estimate of drug-likeness (QED) is 0.350. The van der Waals surface area contributed by atoms with Crippen LogP contribution in [0.4, 0.5) is 0 Å². The Labute approximate surface area is 208 Å². The SMILES string of the molecule is C=CCN(C(=O)C1N([C@@H](CO)C(C)C)C(=O)[C@@H]2[C@H](C(=O)OCC)[C@]3(C)CCC12S3)C(C)CCC. The Kier molecular flexibility index (Phi) is 8.13. The molecule has 192 valence electrons. The zero-order chi connectivity index (χ0) is 25.4. The van der Waals surface area contributed by atoms with Gasteiger partial charge in [-0.25, -0.2) is 0 Å². The van der Waals surface area contributed by atoms with Crippen molar-refractivity contribution in [2.45, 2.75) is 94.8 Å². The molecule has 1 N–H and O–H groups in total. The van der Waals surface area contributed by atoms with Gasteiger partial charge < -0.3 is 19.6 Å². The number of nitrogens with zero attached hydrogens (tertiary/aromatic N) is 2. The average molecular weight is 495 g/mol. The van der Waals surface area contributed by atoms with Crippen molar-refractivity contribution in [2.24, 2.45) is 17.8 Å². The van der Waals surface area contributed by atoms with E-state index in [1.165, 1.54) is 0 Å². The molecule has 3 fully saturated rings. The van der Waals surface area contributed by atoms with Crippen LogP contribution in [0.1, 0.15) is 67.2 Å². The lowest BCUT2D eigenvalue weighted by Crippen LogP contribution is -2.59. The highest BCUT2D eigenvalue weighted by Gasteiger charge is 2.78. The van der Waals surface area contributed by atoms with Crippen LogP contribution in [0.3, 0.4) is 0 Å². The number of hydrogen-bond donors (Lipinski definition) is 1. The summed E-state index contributed by atoms with van der Waals surface area (Å²) in [4.78, 5) is 45.1. The van der Waals surface area contributed by atoms with Crippen molar-refractivity contribution >= 4 is 29.5 Å². The fourth-order valence-electron chi connectivity index (χ4n) is 6.57. The van der Waals surface area contributed by atoms with Crippen molar-refractivity contribution in [1.29, 1.82) is 0 Å². The van der Waals surface area contributed by atoms with Gasteiger partial charge in [-0.05, 0) is 46.0 Å². The number of fused-ring (bicyclic) bond motifs is 1. The summed E-state index contributed by atoms with van der Waals surface area (Å²) in [6, 6.07) is -1.23. The lowest BCUT2D eigenvalue weighted by molar-refractivity contribution is -0.155. The Morgan fingerprint density at radius 2 is 2.00 bits per heavy atom. The molecule has 3 aliphatic rings. The number of thioether (sulfide) groups is 1. The van der Waals surface area contributed by atoms with Crippen molar-refractivity contribution in [2.75, 3.05) is 19.8 Å². The third-order valence-electron chi connectivity index (χ3n) is 8.15. The summed E-state index contributed by atoms with van der Waals surface area (Å²) in [5.41, 5.74) is 0. The molecule has 3 aliphatic heterocycles.